The van der Waals surface area contributed by atoms with E-state index < -0.39 is 0 Å². The molecule has 1 aromatic carbocycles. The van der Waals surface area contributed by atoms with Crippen LogP contribution in [0.4, 0.5) is 0 Å². The minimum atomic E-state index is -0.186. The van der Waals surface area contributed by atoms with Crippen molar-refractivity contribution >= 4 is 29.0 Å². The molecule has 0 saturated carbocycles. The molecular formula is C23H22N4O2S. The number of ether oxygens (including phenoxy) is 1. The van der Waals surface area contributed by atoms with Gasteiger partial charge >= 0.3 is 0 Å². The first kappa shape index (κ1) is 19.8. The Hall–Kier alpha value is -3.45. The normalized spacial score (nSPS) is 11.3. The Kier molecular flexibility index (Phi) is 5.90. The maximum Gasteiger partial charge on any atom is 0.244 e. The van der Waals surface area contributed by atoms with Crippen LogP contribution in [0.3, 0.4) is 0 Å². The van der Waals surface area contributed by atoms with Crippen molar-refractivity contribution in [2.75, 3.05) is 0 Å². The van der Waals surface area contributed by atoms with Gasteiger partial charge in [-0.2, -0.15) is 0 Å². The second-order valence-corrected chi connectivity index (χ2v) is 7.95. The first-order chi connectivity index (χ1) is 14.6. The molecule has 152 valence electrons. The monoisotopic (exact) mass is 418 g/mol. The van der Waals surface area contributed by atoms with Crippen molar-refractivity contribution in [1.82, 2.24) is 19.7 Å². The first-order valence-electron chi connectivity index (χ1n) is 9.60. The average molecular weight is 419 g/mol. The number of carbonyl (C=O) groups is 1. The van der Waals surface area contributed by atoms with Gasteiger partial charge in [0, 0.05) is 29.4 Å². The maximum atomic E-state index is 12.3. The summed E-state index contributed by atoms with van der Waals surface area (Å²) in [6.45, 7) is 4.75. The number of aromatic nitrogens is 3. The summed E-state index contributed by atoms with van der Waals surface area (Å²) in [6.07, 6.45) is 7.14. The number of fused-ring (bicyclic) bond motifs is 1. The highest BCUT2D eigenvalue weighted by molar-refractivity contribution is 7.09. The third-order valence-electron chi connectivity index (χ3n) is 4.55. The summed E-state index contributed by atoms with van der Waals surface area (Å²) < 4.78 is 7.85. The van der Waals surface area contributed by atoms with Gasteiger partial charge in [0.1, 0.15) is 18.0 Å². The van der Waals surface area contributed by atoms with Crippen LogP contribution in [0, 0.1) is 13.8 Å². The first-order valence-corrected chi connectivity index (χ1v) is 10.5. The summed E-state index contributed by atoms with van der Waals surface area (Å²) >= 11 is 1.60. The molecule has 6 nitrogen and oxygen atoms in total. The van der Waals surface area contributed by atoms with Crippen LogP contribution in [0.15, 0.2) is 60.2 Å². The molecule has 7 heteroatoms. The number of imidazole rings is 1. The van der Waals surface area contributed by atoms with E-state index in [1.807, 2.05) is 72.4 Å². The van der Waals surface area contributed by atoms with E-state index in [0.717, 1.165) is 33.2 Å². The van der Waals surface area contributed by atoms with Crippen molar-refractivity contribution in [2.45, 2.75) is 27.0 Å². The van der Waals surface area contributed by atoms with E-state index in [2.05, 4.69) is 15.3 Å². The van der Waals surface area contributed by atoms with E-state index in [0.29, 0.717) is 18.9 Å². The number of para-hydroxylation sites is 1. The highest BCUT2D eigenvalue weighted by atomic mass is 32.1. The molecule has 1 N–H and O–H groups in total. The molecule has 0 saturated heterocycles. The van der Waals surface area contributed by atoms with E-state index in [-0.39, 0.29) is 5.91 Å². The van der Waals surface area contributed by atoms with Crippen molar-refractivity contribution in [1.29, 1.82) is 0 Å². The number of aryl methyl sites for hydroxylation is 2. The molecule has 0 aliphatic rings. The molecule has 0 aliphatic carbocycles. The molecule has 4 rings (SSSR count). The van der Waals surface area contributed by atoms with Gasteiger partial charge in [-0.25, -0.2) is 9.97 Å². The zero-order chi connectivity index (χ0) is 20.9. The number of benzene rings is 1. The van der Waals surface area contributed by atoms with E-state index in [1.54, 1.807) is 17.4 Å². The lowest BCUT2D eigenvalue weighted by molar-refractivity contribution is -0.116. The molecule has 3 heterocycles. The van der Waals surface area contributed by atoms with Crippen molar-refractivity contribution in [3.8, 4) is 5.75 Å². The summed E-state index contributed by atoms with van der Waals surface area (Å²) in [5, 5.41) is 5.88. The van der Waals surface area contributed by atoms with E-state index in [9.17, 15) is 4.79 Å². The lowest BCUT2D eigenvalue weighted by atomic mass is 10.2. The van der Waals surface area contributed by atoms with E-state index in [1.165, 1.54) is 6.08 Å². The SMILES string of the molecule is Cc1nc(COc2ccccc2/C=C/C(=O)NCc2cn3cccc(C)c3n2)cs1. The van der Waals surface area contributed by atoms with E-state index in [4.69, 9.17) is 4.74 Å². The largest absolute Gasteiger partial charge is 0.487 e. The van der Waals surface area contributed by atoms with Gasteiger partial charge < -0.3 is 14.5 Å². The molecule has 3 aromatic heterocycles. The average Bonchev–Trinajstić information content (AvgIpc) is 3.36. The van der Waals surface area contributed by atoms with Crippen LogP contribution in [-0.4, -0.2) is 20.3 Å². The van der Waals surface area contributed by atoms with Crippen molar-refractivity contribution in [3.05, 3.63) is 87.8 Å². The Morgan fingerprint density at radius 1 is 1.17 bits per heavy atom. The molecule has 0 radical (unpaired) electrons. The topological polar surface area (TPSA) is 68.5 Å². The minimum absolute atomic E-state index is 0.186. The van der Waals surface area contributed by atoms with Crippen LogP contribution in [0.25, 0.3) is 11.7 Å². The summed E-state index contributed by atoms with van der Waals surface area (Å²) in [5.41, 5.74) is 4.55. The highest BCUT2D eigenvalue weighted by Gasteiger charge is 2.06. The maximum absolute atomic E-state index is 12.3. The molecule has 0 spiro atoms. The molecule has 30 heavy (non-hydrogen) atoms. The summed E-state index contributed by atoms with van der Waals surface area (Å²) in [6, 6.07) is 11.6. The molecule has 0 atom stereocenters. The predicted octanol–water partition coefficient (Wildman–Crippen LogP) is 4.32. The fraction of sp³-hybridized carbons (Fsp3) is 0.174. The summed E-state index contributed by atoms with van der Waals surface area (Å²) in [7, 11) is 0. The van der Waals surface area contributed by atoms with Gasteiger partial charge in [0.25, 0.3) is 0 Å². The summed E-state index contributed by atoms with van der Waals surface area (Å²) in [5.74, 6) is 0.525. The number of carbonyl (C=O) groups excluding carboxylic acids is 1. The Morgan fingerprint density at radius 3 is 2.83 bits per heavy atom. The Bertz CT molecular complexity index is 1210. The standard InChI is InChI=1S/C23H22N4O2S/c1-16-6-5-11-27-13-19(26-23(16)27)12-24-22(28)10-9-18-7-3-4-8-21(18)29-14-20-15-30-17(2)25-20/h3-11,13,15H,12,14H2,1-2H3,(H,24,28)/b10-9+. The number of hydrogen-bond acceptors (Lipinski definition) is 5. The van der Waals surface area contributed by atoms with E-state index >= 15 is 0 Å². The van der Waals surface area contributed by atoms with Crippen LogP contribution >= 0.6 is 11.3 Å². The molecule has 4 aromatic rings. The van der Waals surface area contributed by atoms with Crippen LogP contribution in [0.1, 0.15) is 27.5 Å². The number of amides is 1. The quantitative estimate of drug-likeness (QED) is 0.454. The minimum Gasteiger partial charge on any atom is -0.487 e. The van der Waals surface area contributed by atoms with Gasteiger partial charge in [-0.3, -0.25) is 4.79 Å². The number of nitrogens with one attached hydrogen (secondary N) is 1. The van der Waals surface area contributed by atoms with Crippen molar-refractivity contribution < 1.29 is 9.53 Å². The third kappa shape index (κ3) is 4.75. The fourth-order valence-electron chi connectivity index (χ4n) is 3.07. The third-order valence-corrected chi connectivity index (χ3v) is 5.37. The van der Waals surface area contributed by atoms with Crippen molar-refractivity contribution in [2.24, 2.45) is 0 Å². The number of hydrogen-bond donors (Lipinski definition) is 1. The predicted molar refractivity (Wildman–Crippen MR) is 118 cm³/mol. The van der Waals surface area contributed by atoms with Crippen LogP contribution in [-0.2, 0) is 17.9 Å². The second-order valence-electron chi connectivity index (χ2n) is 6.89. The Labute approximate surface area is 178 Å². The smallest absolute Gasteiger partial charge is 0.244 e. The number of pyridine rings is 1. The van der Waals surface area contributed by atoms with Gasteiger partial charge in [0.15, 0.2) is 0 Å². The second kappa shape index (κ2) is 8.92. The number of nitrogens with zero attached hydrogens (tertiary/aromatic N) is 3. The zero-order valence-electron chi connectivity index (χ0n) is 16.8. The van der Waals surface area contributed by atoms with Crippen LogP contribution in [0.2, 0.25) is 0 Å². The van der Waals surface area contributed by atoms with Gasteiger partial charge in [-0.15, -0.1) is 11.3 Å². The molecule has 0 fully saturated rings. The fourth-order valence-corrected chi connectivity index (χ4v) is 3.66. The zero-order valence-corrected chi connectivity index (χ0v) is 17.6. The highest BCUT2D eigenvalue weighted by Crippen LogP contribution is 2.21. The molecule has 0 aliphatic heterocycles. The number of rotatable bonds is 7. The van der Waals surface area contributed by atoms with Gasteiger partial charge in [-0.1, -0.05) is 24.3 Å². The van der Waals surface area contributed by atoms with Crippen LogP contribution < -0.4 is 10.1 Å². The molecular weight excluding hydrogens is 396 g/mol. The van der Waals surface area contributed by atoms with Crippen molar-refractivity contribution in [3.63, 3.8) is 0 Å². The molecule has 1 amide bonds. The van der Waals surface area contributed by atoms with Gasteiger partial charge in [0.05, 0.1) is 22.9 Å². The van der Waals surface area contributed by atoms with Gasteiger partial charge in [-0.05, 0) is 37.6 Å². The molecule has 0 bridgehead atoms. The lowest BCUT2D eigenvalue weighted by Crippen LogP contribution is -2.20. The Balaban J connectivity index is 1.37. The number of thiazole rings is 1. The lowest BCUT2D eigenvalue weighted by Gasteiger charge is -2.07. The van der Waals surface area contributed by atoms with Crippen LogP contribution in [0.5, 0.6) is 5.75 Å². The summed E-state index contributed by atoms with van der Waals surface area (Å²) in [4.78, 5) is 21.3. The molecule has 0 unspecified atom stereocenters. The van der Waals surface area contributed by atoms with Gasteiger partial charge in [0.2, 0.25) is 5.91 Å². The Morgan fingerprint density at radius 2 is 2.03 bits per heavy atom.